The number of benzene rings is 2. The van der Waals surface area contributed by atoms with Crippen LogP contribution < -0.4 is 10.1 Å². The van der Waals surface area contributed by atoms with Gasteiger partial charge in [-0.15, -0.1) is 0 Å². The van der Waals surface area contributed by atoms with Crippen LogP contribution in [0.2, 0.25) is 0 Å². The first-order chi connectivity index (χ1) is 11.9. The highest BCUT2D eigenvalue weighted by Crippen LogP contribution is 2.24. The Kier molecular flexibility index (Phi) is 7.06. The third-order valence-corrected chi connectivity index (χ3v) is 4.60. The van der Waals surface area contributed by atoms with Gasteiger partial charge in [0.15, 0.2) is 6.61 Å². The number of nitrogens with one attached hydrogen (secondary N) is 1. The van der Waals surface area contributed by atoms with Crippen LogP contribution in [-0.4, -0.2) is 12.5 Å². The lowest BCUT2D eigenvalue weighted by atomic mass is 9.93. The molecule has 4 heteroatoms. The molecule has 3 nitrogen and oxygen atoms in total. The zero-order valence-corrected chi connectivity index (χ0v) is 16.8. The van der Waals surface area contributed by atoms with Gasteiger partial charge in [-0.05, 0) is 41.2 Å². The molecule has 0 saturated carbocycles. The van der Waals surface area contributed by atoms with E-state index in [1.807, 2.05) is 24.3 Å². The number of halogens is 1. The average molecular weight is 404 g/mol. The molecule has 1 amide bonds. The summed E-state index contributed by atoms with van der Waals surface area (Å²) in [4.78, 5) is 12.3. The van der Waals surface area contributed by atoms with Crippen molar-refractivity contribution in [3.8, 4) is 5.75 Å². The predicted molar refractivity (Wildman–Crippen MR) is 106 cm³/mol. The summed E-state index contributed by atoms with van der Waals surface area (Å²) < 4.78 is 6.50. The third kappa shape index (κ3) is 5.89. The zero-order chi connectivity index (χ0) is 18.4. The lowest BCUT2D eigenvalue weighted by Crippen LogP contribution is -2.35. The van der Waals surface area contributed by atoms with Crippen molar-refractivity contribution in [1.29, 1.82) is 0 Å². The van der Waals surface area contributed by atoms with Crippen molar-refractivity contribution in [2.45, 2.75) is 39.7 Å². The van der Waals surface area contributed by atoms with Gasteiger partial charge in [0.05, 0.1) is 6.04 Å². The fourth-order valence-electron chi connectivity index (χ4n) is 2.64. The van der Waals surface area contributed by atoms with Crippen molar-refractivity contribution in [3.05, 3.63) is 64.1 Å². The summed E-state index contributed by atoms with van der Waals surface area (Å²) in [5.74, 6) is 1.35. The van der Waals surface area contributed by atoms with Crippen LogP contribution in [0.15, 0.2) is 53.0 Å². The number of carbonyl (C=O) groups excluding carboxylic acids is 1. The third-order valence-electron chi connectivity index (χ3n) is 4.11. The molecule has 2 aromatic rings. The minimum absolute atomic E-state index is 0.00372. The highest BCUT2D eigenvalue weighted by atomic mass is 79.9. The summed E-state index contributed by atoms with van der Waals surface area (Å²) >= 11 is 3.39. The SMILES string of the molecule is CC(C)c1ccc([C@H](NC(=O)COc2cccc(Br)c2)C(C)C)cc1. The Morgan fingerprint density at radius 3 is 2.24 bits per heavy atom. The molecule has 0 unspecified atom stereocenters. The summed E-state index contributed by atoms with van der Waals surface area (Å²) in [5.41, 5.74) is 2.42. The van der Waals surface area contributed by atoms with Crippen LogP contribution in [0.3, 0.4) is 0 Å². The summed E-state index contributed by atoms with van der Waals surface area (Å²) in [5, 5.41) is 3.09. The van der Waals surface area contributed by atoms with Gasteiger partial charge in [-0.2, -0.15) is 0 Å². The summed E-state index contributed by atoms with van der Waals surface area (Å²) in [7, 11) is 0. The van der Waals surface area contributed by atoms with Gasteiger partial charge in [0, 0.05) is 4.47 Å². The second kappa shape index (κ2) is 9.04. The molecular weight excluding hydrogens is 378 g/mol. The summed E-state index contributed by atoms with van der Waals surface area (Å²) in [6, 6.07) is 15.9. The largest absolute Gasteiger partial charge is 0.484 e. The summed E-state index contributed by atoms with van der Waals surface area (Å²) in [6.07, 6.45) is 0. The van der Waals surface area contributed by atoms with Crippen molar-refractivity contribution >= 4 is 21.8 Å². The van der Waals surface area contributed by atoms with Crippen LogP contribution in [-0.2, 0) is 4.79 Å². The maximum atomic E-state index is 12.3. The maximum Gasteiger partial charge on any atom is 0.258 e. The van der Waals surface area contributed by atoms with E-state index in [0.717, 1.165) is 10.0 Å². The highest BCUT2D eigenvalue weighted by molar-refractivity contribution is 9.10. The van der Waals surface area contributed by atoms with Crippen molar-refractivity contribution in [2.24, 2.45) is 5.92 Å². The molecule has 25 heavy (non-hydrogen) atoms. The first-order valence-corrected chi connectivity index (χ1v) is 9.43. The van der Waals surface area contributed by atoms with Gasteiger partial charge in [-0.1, -0.05) is 74.0 Å². The van der Waals surface area contributed by atoms with Gasteiger partial charge in [0.2, 0.25) is 0 Å². The molecule has 0 saturated heterocycles. The number of rotatable bonds is 7. The molecule has 0 fully saturated rings. The Bertz CT molecular complexity index is 695. The van der Waals surface area contributed by atoms with Crippen LogP contribution >= 0.6 is 15.9 Å². The Balaban J connectivity index is 1.99. The van der Waals surface area contributed by atoms with Crippen molar-refractivity contribution in [2.75, 3.05) is 6.61 Å². The first kappa shape index (κ1) is 19.5. The topological polar surface area (TPSA) is 38.3 Å². The van der Waals surface area contributed by atoms with E-state index in [2.05, 4.69) is 73.2 Å². The van der Waals surface area contributed by atoms with E-state index >= 15 is 0 Å². The van der Waals surface area contributed by atoms with E-state index in [9.17, 15) is 4.79 Å². The normalized spacial score (nSPS) is 12.3. The fraction of sp³-hybridized carbons (Fsp3) is 0.381. The lowest BCUT2D eigenvalue weighted by Gasteiger charge is -2.23. The van der Waals surface area contributed by atoms with E-state index in [0.29, 0.717) is 17.6 Å². The van der Waals surface area contributed by atoms with E-state index in [1.165, 1.54) is 5.56 Å². The molecule has 2 rings (SSSR count). The molecule has 1 atom stereocenters. The fourth-order valence-corrected chi connectivity index (χ4v) is 3.02. The number of hydrogen-bond donors (Lipinski definition) is 1. The molecule has 0 heterocycles. The van der Waals surface area contributed by atoms with Crippen molar-refractivity contribution < 1.29 is 9.53 Å². The molecule has 134 valence electrons. The lowest BCUT2D eigenvalue weighted by molar-refractivity contribution is -0.124. The molecule has 0 bridgehead atoms. The molecule has 0 aliphatic carbocycles. The van der Waals surface area contributed by atoms with Gasteiger partial charge >= 0.3 is 0 Å². The number of ether oxygens (including phenoxy) is 1. The van der Waals surface area contributed by atoms with Gasteiger partial charge in [0.1, 0.15) is 5.75 Å². The molecule has 0 radical (unpaired) electrons. The molecular formula is C21H26BrNO2. The van der Waals surface area contributed by atoms with Crippen LogP contribution in [0.25, 0.3) is 0 Å². The highest BCUT2D eigenvalue weighted by Gasteiger charge is 2.18. The van der Waals surface area contributed by atoms with E-state index in [1.54, 1.807) is 0 Å². The first-order valence-electron chi connectivity index (χ1n) is 8.64. The second-order valence-electron chi connectivity index (χ2n) is 6.86. The Morgan fingerprint density at radius 2 is 1.68 bits per heavy atom. The molecule has 0 spiro atoms. The minimum Gasteiger partial charge on any atom is -0.484 e. The quantitative estimate of drug-likeness (QED) is 0.665. The van der Waals surface area contributed by atoms with Crippen LogP contribution in [0.5, 0.6) is 5.75 Å². The number of hydrogen-bond acceptors (Lipinski definition) is 2. The molecule has 0 aliphatic rings. The second-order valence-corrected chi connectivity index (χ2v) is 7.77. The number of carbonyl (C=O) groups is 1. The van der Waals surface area contributed by atoms with Crippen molar-refractivity contribution in [3.63, 3.8) is 0 Å². The zero-order valence-electron chi connectivity index (χ0n) is 15.3. The smallest absolute Gasteiger partial charge is 0.258 e. The molecule has 1 N–H and O–H groups in total. The van der Waals surface area contributed by atoms with Crippen LogP contribution in [0.1, 0.15) is 50.8 Å². The van der Waals surface area contributed by atoms with Crippen molar-refractivity contribution in [1.82, 2.24) is 5.32 Å². The van der Waals surface area contributed by atoms with E-state index in [4.69, 9.17) is 4.74 Å². The van der Waals surface area contributed by atoms with Crippen LogP contribution in [0.4, 0.5) is 0 Å². The van der Waals surface area contributed by atoms with E-state index in [-0.39, 0.29) is 18.6 Å². The van der Waals surface area contributed by atoms with Gasteiger partial charge in [0.25, 0.3) is 5.91 Å². The van der Waals surface area contributed by atoms with Gasteiger partial charge in [-0.25, -0.2) is 0 Å². The average Bonchev–Trinajstić information content (AvgIpc) is 2.58. The summed E-state index contributed by atoms with van der Waals surface area (Å²) in [6.45, 7) is 8.57. The number of amides is 1. The Hall–Kier alpha value is -1.81. The maximum absolute atomic E-state index is 12.3. The monoisotopic (exact) mass is 403 g/mol. The molecule has 2 aromatic carbocycles. The van der Waals surface area contributed by atoms with Gasteiger partial charge < -0.3 is 10.1 Å². The Morgan fingerprint density at radius 1 is 1.04 bits per heavy atom. The minimum atomic E-state index is -0.119. The standard InChI is InChI=1S/C21H26BrNO2/c1-14(2)16-8-10-17(11-9-16)21(15(3)4)23-20(24)13-25-19-7-5-6-18(22)12-19/h5-12,14-15,21H,13H2,1-4H3,(H,23,24)/t21-/m1/s1. The van der Waals surface area contributed by atoms with Gasteiger partial charge in [-0.3, -0.25) is 4.79 Å². The van der Waals surface area contributed by atoms with E-state index < -0.39 is 0 Å². The predicted octanol–water partition coefficient (Wildman–Crippen LogP) is 5.46. The van der Waals surface area contributed by atoms with Crippen LogP contribution in [0, 0.1) is 5.92 Å². The molecule has 0 aliphatic heterocycles. The molecule has 0 aromatic heterocycles. The Labute approximate surface area is 158 Å².